The van der Waals surface area contributed by atoms with E-state index in [1.54, 1.807) is 7.05 Å². The molecule has 1 rings (SSSR count). The van der Waals surface area contributed by atoms with Crippen molar-refractivity contribution in [3.63, 3.8) is 0 Å². The third-order valence-corrected chi connectivity index (χ3v) is 4.91. The minimum Gasteiger partial charge on any atom is -0.316 e. The zero-order valence-electron chi connectivity index (χ0n) is 12.3. The predicted octanol–water partition coefficient (Wildman–Crippen LogP) is 2.13. The topological polar surface area (TPSA) is 49.4 Å². The minimum absolute atomic E-state index is 0.0507. The van der Waals surface area contributed by atoms with Gasteiger partial charge in [-0.15, -0.1) is 6.58 Å². The van der Waals surface area contributed by atoms with Crippen molar-refractivity contribution in [2.24, 2.45) is 0 Å². The first-order chi connectivity index (χ1) is 9.49. The third kappa shape index (κ3) is 5.45. The monoisotopic (exact) mass is 296 g/mol. The summed E-state index contributed by atoms with van der Waals surface area (Å²) in [4.78, 5) is 0. The van der Waals surface area contributed by atoms with Crippen molar-refractivity contribution in [1.82, 2.24) is 9.62 Å². The molecule has 0 amide bonds. The summed E-state index contributed by atoms with van der Waals surface area (Å²) in [5.74, 6) is 0.0507. The Hall–Kier alpha value is -1.17. The van der Waals surface area contributed by atoms with Crippen LogP contribution in [-0.2, 0) is 22.3 Å². The van der Waals surface area contributed by atoms with Crippen molar-refractivity contribution in [2.75, 3.05) is 20.6 Å². The molecule has 0 radical (unpaired) electrons. The first kappa shape index (κ1) is 16.9. The molecule has 112 valence electrons. The van der Waals surface area contributed by atoms with E-state index in [-0.39, 0.29) is 5.75 Å². The summed E-state index contributed by atoms with van der Waals surface area (Å²) >= 11 is 0. The number of hydrogen-bond donors (Lipinski definition) is 1. The number of hydrogen-bond acceptors (Lipinski definition) is 3. The number of sulfonamides is 1. The molecule has 1 N–H and O–H groups in total. The fraction of sp³-hybridized carbons (Fsp3) is 0.467. The first-order valence-electron chi connectivity index (χ1n) is 6.77. The Balaban J connectivity index is 2.69. The lowest BCUT2D eigenvalue weighted by Crippen LogP contribution is -2.29. The van der Waals surface area contributed by atoms with Gasteiger partial charge in [-0.1, -0.05) is 30.3 Å². The smallest absolute Gasteiger partial charge is 0.218 e. The van der Waals surface area contributed by atoms with Crippen molar-refractivity contribution in [3.8, 4) is 0 Å². The van der Waals surface area contributed by atoms with E-state index in [0.29, 0.717) is 6.54 Å². The Morgan fingerprint density at radius 3 is 2.70 bits per heavy atom. The van der Waals surface area contributed by atoms with Crippen molar-refractivity contribution in [2.45, 2.75) is 25.1 Å². The third-order valence-electron chi connectivity index (χ3n) is 3.08. The lowest BCUT2D eigenvalue weighted by Gasteiger charge is -2.17. The molecular weight excluding hydrogens is 272 g/mol. The largest absolute Gasteiger partial charge is 0.316 e. The summed E-state index contributed by atoms with van der Waals surface area (Å²) < 4.78 is 25.9. The number of rotatable bonds is 9. The van der Waals surface area contributed by atoms with Crippen LogP contribution in [0, 0.1) is 0 Å². The van der Waals surface area contributed by atoms with Gasteiger partial charge >= 0.3 is 0 Å². The molecule has 0 spiro atoms. The maximum absolute atomic E-state index is 12.2. The van der Waals surface area contributed by atoms with Gasteiger partial charge in [0, 0.05) is 20.1 Å². The molecule has 0 unspecified atom stereocenters. The van der Waals surface area contributed by atoms with Crippen LogP contribution in [0.4, 0.5) is 0 Å². The summed E-state index contributed by atoms with van der Waals surface area (Å²) in [5.41, 5.74) is 1.92. The Morgan fingerprint density at radius 1 is 1.35 bits per heavy atom. The highest BCUT2D eigenvalue weighted by atomic mass is 32.2. The van der Waals surface area contributed by atoms with Gasteiger partial charge in [0.1, 0.15) is 0 Å². The van der Waals surface area contributed by atoms with Crippen LogP contribution in [0.5, 0.6) is 0 Å². The first-order valence-corrected chi connectivity index (χ1v) is 8.38. The van der Waals surface area contributed by atoms with Crippen LogP contribution in [0.25, 0.3) is 0 Å². The lowest BCUT2D eigenvalue weighted by atomic mass is 10.1. The molecule has 0 aliphatic rings. The van der Waals surface area contributed by atoms with E-state index in [0.717, 1.165) is 30.5 Å². The van der Waals surface area contributed by atoms with Crippen molar-refractivity contribution in [3.05, 3.63) is 48.0 Å². The quantitative estimate of drug-likeness (QED) is 0.561. The van der Waals surface area contributed by atoms with Crippen LogP contribution in [0.15, 0.2) is 36.9 Å². The van der Waals surface area contributed by atoms with Gasteiger partial charge in [0.05, 0.1) is 5.75 Å². The lowest BCUT2D eigenvalue weighted by molar-refractivity contribution is 0.462. The molecule has 0 aliphatic heterocycles. The molecule has 1 aromatic carbocycles. The Morgan fingerprint density at radius 2 is 2.05 bits per heavy atom. The normalized spacial score (nSPS) is 11.8. The van der Waals surface area contributed by atoms with E-state index in [9.17, 15) is 8.42 Å². The minimum atomic E-state index is -3.25. The Labute approximate surface area is 122 Å². The number of unbranched alkanes of at least 4 members (excludes halogenated alkanes) is 1. The second-order valence-electron chi connectivity index (χ2n) is 4.86. The highest BCUT2D eigenvalue weighted by molar-refractivity contribution is 7.88. The molecule has 20 heavy (non-hydrogen) atoms. The van der Waals surface area contributed by atoms with E-state index in [1.165, 1.54) is 4.31 Å². The van der Waals surface area contributed by atoms with Crippen molar-refractivity contribution >= 4 is 10.0 Å². The van der Waals surface area contributed by atoms with Crippen molar-refractivity contribution < 1.29 is 8.42 Å². The zero-order chi connectivity index (χ0) is 15.0. The fourth-order valence-electron chi connectivity index (χ4n) is 1.95. The van der Waals surface area contributed by atoms with E-state index in [4.69, 9.17) is 0 Å². The average Bonchev–Trinajstić information content (AvgIpc) is 2.39. The summed E-state index contributed by atoms with van der Waals surface area (Å²) in [5, 5.41) is 3.06. The SMILES string of the molecule is C=CCCCN(C)S(=O)(=O)Cc1cccc(CNC)c1. The van der Waals surface area contributed by atoms with Gasteiger partial charge in [-0.3, -0.25) is 0 Å². The number of nitrogens with zero attached hydrogens (tertiary/aromatic N) is 1. The molecule has 4 nitrogen and oxygen atoms in total. The number of benzene rings is 1. The zero-order valence-corrected chi connectivity index (χ0v) is 13.1. The van der Waals surface area contributed by atoms with Crippen LogP contribution in [-0.4, -0.2) is 33.4 Å². The maximum Gasteiger partial charge on any atom is 0.218 e. The number of allylic oxidation sites excluding steroid dienone is 1. The Kier molecular flexibility index (Phi) is 6.91. The van der Waals surface area contributed by atoms with E-state index in [1.807, 2.05) is 37.4 Å². The van der Waals surface area contributed by atoms with Crippen LogP contribution in [0.3, 0.4) is 0 Å². The molecule has 0 fully saturated rings. The Bertz CT molecular complexity index is 526. The molecule has 0 bridgehead atoms. The molecule has 0 heterocycles. The van der Waals surface area contributed by atoms with Crippen LogP contribution in [0.1, 0.15) is 24.0 Å². The summed E-state index contributed by atoms with van der Waals surface area (Å²) in [6.45, 7) is 4.91. The molecular formula is C15H24N2O2S. The maximum atomic E-state index is 12.2. The van der Waals surface area contributed by atoms with Gasteiger partial charge in [0.25, 0.3) is 0 Å². The van der Waals surface area contributed by atoms with Crippen LogP contribution >= 0.6 is 0 Å². The molecule has 0 saturated heterocycles. The molecule has 1 aromatic rings. The van der Waals surface area contributed by atoms with Crippen molar-refractivity contribution in [1.29, 1.82) is 0 Å². The second kappa shape index (κ2) is 8.19. The molecule has 5 heteroatoms. The summed E-state index contributed by atoms with van der Waals surface area (Å²) in [7, 11) is 0.260. The van der Waals surface area contributed by atoms with Gasteiger partial charge in [-0.05, 0) is 31.0 Å². The van der Waals surface area contributed by atoms with Crippen LogP contribution < -0.4 is 5.32 Å². The van der Waals surface area contributed by atoms with E-state index in [2.05, 4.69) is 11.9 Å². The van der Waals surface area contributed by atoms with Gasteiger partial charge in [-0.2, -0.15) is 0 Å². The molecule has 0 aromatic heterocycles. The standard InChI is InChI=1S/C15H24N2O2S/c1-4-5-6-10-17(3)20(18,19)13-15-9-7-8-14(11-15)12-16-2/h4,7-9,11,16H,1,5-6,10,12-13H2,2-3H3. The molecule has 0 atom stereocenters. The van der Waals surface area contributed by atoms with E-state index < -0.39 is 10.0 Å². The molecule has 0 aliphatic carbocycles. The van der Waals surface area contributed by atoms with Gasteiger partial charge in [0.2, 0.25) is 10.0 Å². The molecule has 0 saturated carbocycles. The van der Waals surface area contributed by atoms with Gasteiger partial charge in [-0.25, -0.2) is 12.7 Å². The summed E-state index contributed by atoms with van der Waals surface area (Å²) in [6, 6.07) is 7.68. The highest BCUT2D eigenvalue weighted by Gasteiger charge is 2.17. The fourth-order valence-corrected chi connectivity index (χ4v) is 3.18. The van der Waals surface area contributed by atoms with Gasteiger partial charge < -0.3 is 5.32 Å². The predicted molar refractivity (Wildman–Crippen MR) is 83.9 cm³/mol. The number of nitrogens with one attached hydrogen (secondary N) is 1. The summed E-state index contributed by atoms with van der Waals surface area (Å²) in [6.07, 6.45) is 3.44. The van der Waals surface area contributed by atoms with Gasteiger partial charge in [0.15, 0.2) is 0 Å². The second-order valence-corrected chi connectivity index (χ2v) is 6.93. The average molecular weight is 296 g/mol. The highest BCUT2D eigenvalue weighted by Crippen LogP contribution is 2.12. The van der Waals surface area contributed by atoms with Crippen LogP contribution in [0.2, 0.25) is 0 Å². The van der Waals surface area contributed by atoms with E-state index >= 15 is 0 Å².